The van der Waals surface area contributed by atoms with Gasteiger partial charge in [-0.1, -0.05) is 31.5 Å². The lowest BCUT2D eigenvalue weighted by atomic mass is 10.0. The predicted octanol–water partition coefficient (Wildman–Crippen LogP) is 5.39. The highest BCUT2D eigenvalue weighted by Gasteiger charge is 2.17. The number of rotatable bonds is 7. The summed E-state index contributed by atoms with van der Waals surface area (Å²) in [6.07, 6.45) is 2.66. The van der Waals surface area contributed by atoms with Crippen LogP contribution < -0.4 is 5.32 Å². The van der Waals surface area contributed by atoms with Crippen LogP contribution in [0.15, 0.2) is 30.3 Å². The Labute approximate surface area is 135 Å². The number of nitrogens with one attached hydrogen (secondary N) is 1. The molecule has 114 valence electrons. The maximum absolute atomic E-state index is 14.0. The van der Waals surface area contributed by atoms with E-state index < -0.39 is 0 Å². The van der Waals surface area contributed by atoms with Crippen molar-refractivity contribution in [3.05, 3.63) is 56.5 Å². The molecule has 1 nitrogen and oxygen atoms in total. The van der Waals surface area contributed by atoms with Crippen LogP contribution in [0.1, 0.15) is 41.6 Å². The smallest absolute Gasteiger partial charge is 0.127 e. The molecule has 0 amide bonds. The monoisotopic (exact) mass is 325 g/mol. The van der Waals surface area contributed by atoms with E-state index in [1.165, 1.54) is 15.8 Å². The van der Waals surface area contributed by atoms with Gasteiger partial charge in [0.2, 0.25) is 0 Å². The van der Waals surface area contributed by atoms with E-state index in [-0.39, 0.29) is 11.9 Å². The van der Waals surface area contributed by atoms with E-state index in [0.29, 0.717) is 17.0 Å². The van der Waals surface area contributed by atoms with Gasteiger partial charge in [-0.05, 0) is 50.1 Å². The van der Waals surface area contributed by atoms with Crippen LogP contribution in [-0.4, -0.2) is 6.54 Å². The zero-order valence-electron chi connectivity index (χ0n) is 12.5. The molecule has 0 saturated heterocycles. The maximum Gasteiger partial charge on any atom is 0.127 e. The van der Waals surface area contributed by atoms with Crippen LogP contribution in [0, 0.1) is 5.82 Å². The summed E-state index contributed by atoms with van der Waals surface area (Å²) in [6.45, 7) is 5.19. The molecule has 2 rings (SSSR count). The molecule has 0 fully saturated rings. The average Bonchev–Trinajstić information content (AvgIpc) is 2.95. The summed E-state index contributed by atoms with van der Waals surface area (Å²) in [7, 11) is 0. The first-order valence-electron chi connectivity index (χ1n) is 7.40. The zero-order chi connectivity index (χ0) is 15.2. The molecule has 0 aliphatic heterocycles. The minimum absolute atomic E-state index is 0.115. The van der Waals surface area contributed by atoms with Gasteiger partial charge in [0.25, 0.3) is 0 Å². The largest absolute Gasteiger partial charge is 0.309 e. The first kappa shape index (κ1) is 16.5. The molecule has 1 aromatic heterocycles. The van der Waals surface area contributed by atoms with E-state index in [9.17, 15) is 4.39 Å². The van der Waals surface area contributed by atoms with E-state index in [2.05, 4.69) is 31.3 Å². The van der Waals surface area contributed by atoms with Crippen LogP contribution in [0.2, 0.25) is 5.02 Å². The van der Waals surface area contributed by atoms with Crippen molar-refractivity contribution in [3.8, 4) is 0 Å². The molecule has 2 aromatic rings. The molecular formula is C17H21ClFNS. The summed E-state index contributed by atoms with van der Waals surface area (Å²) < 4.78 is 14.0. The molecule has 4 heteroatoms. The normalized spacial score (nSPS) is 12.6. The molecule has 0 saturated carbocycles. The average molecular weight is 326 g/mol. The summed E-state index contributed by atoms with van der Waals surface area (Å²) in [6, 6.07) is 9.29. The Morgan fingerprint density at radius 1 is 1.24 bits per heavy atom. The van der Waals surface area contributed by atoms with Crippen LogP contribution in [-0.2, 0) is 12.8 Å². The molecule has 0 radical (unpaired) electrons. The Kier molecular flexibility index (Phi) is 6.22. The first-order chi connectivity index (χ1) is 10.2. The Bertz CT molecular complexity index is 562. The molecule has 1 N–H and O–H groups in total. The second kappa shape index (κ2) is 7.92. The lowest BCUT2D eigenvalue weighted by Gasteiger charge is -2.18. The Hall–Kier alpha value is -0.900. The third-order valence-electron chi connectivity index (χ3n) is 3.49. The first-order valence-corrected chi connectivity index (χ1v) is 8.60. The molecule has 1 unspecified atom stereocenters. The maximum atomic E-state index is 14.0. The third-order valence-corrected chi connectivity index (χ3v) is 5.18. The van der Waals surface area contributed by atoms with Crippen molar-refractivity contribution in [3.63, 3.8) is 0 Å². The lowest BCUT2D eigenvalue weighted by Crippen LogP contribution is -2.23. The van der Waals surface area contributed by atoms with Crippen molar-refractivity contribution in [2.24, 2.45) is 0 Å². The molecule has 0 aliphatic rings. The van der Waals surface area contributed by atoms with E-state index >= 15 is 0 Å². The second-order valence-corrected chi connectivity index (χ2v) is 6.68. The topological polar surface area (TPSA) is 12.0 Å². The summed E-state index contributed by atoms with van der Waals surface area (Å²) in [4.78, 5) is 2.60. The molecule has 21 heavy (non-hydrogen) atoms. The van der Waals surface area contributed by atoms with Gasteiger partial charge in [0.05, 0.1) is 0 Å². The Morgan fingerprint density at radius 2 is 2.05 bits per heavy atom. The van der Waals surface area contributed by atoms with Gasteiger partial charge in [-0.3, -0.25) is 0 Å². The minimum Gasteiger partial charge on any atom is -0.309 e. The predicted molar refractivity (Wildman–Crippen MR) is 89.8 cm³/mol. The molecule has 1 heterocycles. The number of benzene rings is 1. The number of halogens is 2. The molecule has 1 atom stereocenters. The number of hydrogen-bond acceptors (Lipinski definition) is 2. The van der Waals surface area contributed by atoms with E-state index in [1.807, 2.05) is 0 Å². The summed E-state index contributed by atoms with van der Waals surface area (Å²) in [5, 5.41) is 4.02. The van der Waals surface area contributed by atoms with Crippen molar-refractivity contribution < 1.29 is 4.39 Å². The molecule has 0 spiro atoms. The van der Waals surface area contributed by atoms with Crippen molar-refractivity contribution in [2.75, 3.05) is 6.54 Å². The summed E-state index contributed by atoms with van der Waals surface area (Å²) >= 11 is 7.96. The summed E-state index contributed by atoms with van der Waals surface area (Å²) in [5.74, 6) is -0.224. The Morgan fingerprint density at radius 3 is 2.67 bits per heavy atom. The van der Waals surface area contributed by atoms with Gasteiger partial charge in [0.1, 0.15) is 5.82 Å². The van der Waals surface area contributed by atoms with E-state index in [1.54, 1.807) is 23.5 Å². The van der Waals surface area contributed by atoms with E-state index in [4.69, 9.17) is 11.6 Å². The van der Waals surface area contributed by atoms with Crippen LogP contribution in [0.25, 0.3) is 0 Å². The quantitative estimate of drug-likeness (QED) is 0.720. The molecule has 0 bridgehead atoms. The standard InChI is InChI=1S/C17H21ClFNS/c1-3-10-20-16(17-9-8-12(4-2)21-17)11-13-14(18)6-5-7-15(13)19/h5-9,16,20H,3-4,10-11H2,1-2H3. The number of hydrogen-bond donors (Lipinski definition) is 1. The van der Waals surface area contributed by atoms with Crippen molar-refractivity contribution >= 4 is 22.9 Å². The zero-order valence-corrected chi connectivity index (χ0v) is 14.0. The third kappa shape index (κ3) is 4.29. The van der Waals surface area contributed by atoms with Gasteiger partial charge < -0.3 is 5.32 Å². The van der Waals surface area contributed by atoms with Gasteiger partial charge in [0, 0.05) is 26.4 Å². The SMILES string of the molecule is CCCNC(Cc1c(F)cccc1Cl)c1ccc(CC)s1. The number of thiophene rings is 1. The fourth-order valence-electron chi connectivity index (χ4n) is 2.30. The highest BCUT2D eigenvalue weighted by atomic mass is 35.5. The lowest BCUT2D eigenvalue weighted by molar-refractivity contribution is 0.519. The van der Waals surface area contributed by atoms with Crippen LogP contribution in [0.3, 0.4) is 0 Å². The van der Waals surface area contributed by atoms with Crippen LogP contribution >= 0.6 is 22.9 Å². The fraction of sp³-hybridized carbons (Fsp3) is 0.412. The van der Waals surface area contributed by atoms with Gasteiger partial charge >= 0.3 is 0 Å². The number of aryl methyl sites for hydroxylation is 1. The van der Waals surface area contributed by atoms with E-state index in [0.717, 1.165) is 19.4 Å². The van der Waals surface area contributed by atoms with Gasteiger partial charge in [0.15, 0.2) is 0 Å². The van der Waals surface area contributed by atoms with Gasteiger partial charge in [-0.15, -0.1) is 11.3 Å². The van der Waals surface area contributed by atoms with Crippen LogP contribution in [0.4, 0.5) is 4.39 Å². The summed E-state index contributed by atoms with van der Waals surface area (Å²) in [5.41, 5.74) is 0.596. The molecule has 1 aromatic carbocycles. The van der Waals surface area contributed by atoms with Crippen molar-refractivity contribution in [2.45, 2.75) is 39.2 Å². The molecular weight excluding hydrogens is 305 g/mol. The molecule has 0 aliphatic carbocycles. The van der Waals surface area contributed by atoms with Gasteiger partial charge in [-0.2, -0.15) is 0 Å². The van der Waals surface area contributed by atoms with Gasteiger partial charge in [-0.25, -0.2) is 4.39 Å². The second-order valence-electron chi connectivity index (χ2n) is 5.07. The van der Waals surface area contributed by atoms with Crippen LogP contribution in [0.5, 0.6) is 0 Å². The fourth-order valence-corrected chi connectivity index (χ4v) is 3.56. The Balaban J connectivity index is 2.23. The van der Waals surface area contributed by atoms with Crippen molar-refractivity contribution in [1.29, 1.82) is 0 Å². The highest BCUT2D eigenvalue weighted by Crippen LogP contribution is 2.30. The minimum atomic E-state index is -0.224. The van der Waals surface area contributed by atoms with Crippen molar-refractivity contribution in [1.82, 2.24) is 5.32 Å². The highest BCUT2D eigenvalue weighted by molar-refractivity contribution is 7.12.